The van der Waals surface area contributed by atoms with Crippen LogP contribution in [-0.4, -0.2) is 59.6 Å². The van der Waals surface area contributed by atoms with Gasteiger partial charge in [0.1, 0.15) is 24.4 Å². The standard InChI is InChI=1S/C17H32O5/c1-2-3-4-5-6-7-8-9-10-11-21-13-15-17(20)16(19)14(18)12-22-15/h2,14-20H,1,3-13H2/t14-,15+,16+,17+/m1/s1. The van der Waals surface area contributed by atoms with Gasteiger partial charge in [0.15, 0.2) is 0 Å². The Morgan fingerprint density at radius 1 is 0.955 bits per heavy atom. The molecule has 0 amide bonds. The third kappa shape index (κ3) is 7.70. The van der Waals surface area contributed by atoms with Crippen molar-refractivity contribution >= 4 is 0 Å². The molecule has 0 aliphatic carbocycles. The Morgan fingerprint density at radius 2 is 1.59 bits per heavy atom. The Balaban J connectivity index is 1.90. The Bertz CT molecular complexity index is 284. The minimum absolute atomic E-state index is 0.0398. The summed E-state index contributed by atoms with van der Waals surface area (Å²) in [4.78, 5) is 0. The van der Waals surface area contributed by atoms with Gasteiger partial charge in [-0.05, 0) is 19.3 Å². The number of ether oxygens (including phenoxy) is 2. The maximum absolute atomic E-state index is 9.75. The highest BCUT2D eigenvalue weighted by Crippen LogP contribution is 2.16. The zero-order chi connectivity index (χ0) is 16.2. The first-order valence-electron chi connectivity index (χ1n) is 8.51. The predicted molar refractivity (Wildman–Crippen MR) is 85.7 cm³/mol. The van der Waals surface area contributed by atoms with E-state index >= 15 is 0 Å². The molecule has 0 radical (unpaired) electrons. The van der Waals surface area contributed by atoms with Crippen molar-refractivity contribution in [1.29, 1.82) is 0 Å². The third-order valence-corrected chi connectivity index (χ3v) is 4.09. The van der Waals surface area contributed by atoms with E-state index in [2.05, 4.69) is 6.58 Å². The molecule has 130 valence electrons. The molecule has 0 unspecified atom stereocenters. The van der Waals surface area contributed by atoms with E-state index < -0.39 is 24.4 Å². The highest BCUT2D eigenvalue weighted by Gasteiger charge is 2.37. The number of aliphatic hydroxyl groups excluding tert-OH is 3. The van der Waals surface area contributed by atoms with Crippen molar-refractivity contribution in [3.8, 4) is 0 Å². The van der Waals surface area contributed by atoms with Crippen LogP contribution in [0.2, 0.25) is 0 Å². The van der Waals surface area contributed by atoms with Crippen molar-refractivity contribution in [2.75, 3.05) is 19.8 Å². The van der Waals surface area contributed by atoms with Gasteiger partial charge in [-0.3, -0.25) is 0 Å². The van der Waals surface area contributed by atoms with Crippen LogP contribution >= 0.6 is 0 Å². The van der Waals surface area contributed by atoms with Crippen molar-refractivity contribution in [2.24, 2.45) is 0 Å². The average molecular weight is 316 g/mol. The minimum atomic E-state index is -1.15. The second kappa shape index (κ2) is 12.0. The van der Waals surface area contributed by atoms with Gasteiger partial charge in [-0.25, -0.2) is 0 Å². The second-order valence-corrected chi connectivity index (χ2v) is 6.05. The molecular formula is C17H32O5. The van der Waals surface area contributed by atoms with E-state index in [1.54, 1.807) is 0 Å². The van der Waals surface area contributed by atoms with Crippen LogP contribution in [0.5, 0.6) is 0 Å². The van der Waals surface area contributed by atoms with Gasteiger partial charge < -0.3 is 24.8 Å². The maximum Gasteiger partial charge on any atom is 0.111 e. The molecule has 4 atom stereocenters. The zero-order valence-corrected chi connectivity index (χ0v) is 13.5. The van der Waals surface area contributed by atoms with Gasteiger partial charge in [0.25, 0.3) is 0 Å². The van der Waals surface area contributed by atoms with E-state index in [1.165, 1.54) is 32.1 Å². The predicted octanol–water partition coefficient (Wildman–Crippen LogP) is 1.79. The molecule has 0 saturated carbocycles. The Kier molecular flexibility index (Phi) is 10.7. The molecule has 1 rings (SSSR count). The molecule has 0 aromatic carbocycles. The fourth-order valence-electron chi connectivity index (χ4n) is 2.59. The van der Waals surface area contributed by atoms with Crippen molar-refractivity contribution in [3.05, 3.63) is 12.7 Å². The van der Waals surface area contributed by atoms with Gasteiger partial charge in [-0.2, -0.15) is 0 Å². The Labute approximate surface area is 133 Å². The summed E-state index contributed by atoms with van der Waals surface area (Å²) in [6, 6.07) is 0. The topological polar surface area (TPSA) is 79.2 Å². The molecule has 22 heavy (non-hydrogen) atoms. The van der Waals surface area contributed by atoms with E-state index in [0.717, 1.165) is 19.3 Å². The highest BCUT2D eigenvalue weighted by molar-refractivity contribution is 4.86. The van der Waals surface area contributed by atoms with Gasteiger partial charge in [-0.15, -0.1) is 6.58 Å². The van der Waals surface area contributed by atoms with Crippen LogP contribution in [0.1, 0.15) is 51.4 Å². The van der Waals surface area contributed by atoms with Crippen LogP contribution in [0.15, 0.2) is 12.7 Å². The summed E-state index contributed by atoms with van der Waals surface area (Å²) in [6.45, 7) is 4.65. The van der Waals surface area contributed by atoms with Crippen LogP contribution < -0.4 is 0 Å². The first-order chi connectivity index (χ1) is 10.7. The summed E-state index contributed by atoms with van der Waals surface area (Å²) in [5.74, 6) is 0. The quantitative estimate of drug-likeness (QED) is 0.378. The van der Waals surface area contributed by atoms with Gasteiger partial charge in [0, 0.05) is 6.61 Å². The maximum atomic E-state index is 9.75. The van der Waals surface area contributed by atoms with Crippen LogP contribution in [0.4, 0.5) is 0 Å². The van der Waals surface area contributed by atoms with E-state index in [9.17, 15) is 15.3 Å². The number of rotatable bonds is 12. The number of hydrogen-bond donors (Lipinski definition) is 3. The van der Waals surface area contributed by atoms with E-state index in [1.807, 2.05) is 6.08 Å². The van der Waals surface area contributed by atoms with Crippen molar-refractivity contribution in [2.45, 2.75) is 75.8 Å². The molecule has 1 aliphatic heterocycles. The molecule has 5 heteroatoms. The molecule has 1 fully saturated rings. The molecular weight excluding hydrogens is 284 g/mol. The fraction of sp³-hybridized carbons (Fsp3) is 0.882. The van der Waals surface area contributed by atoms with Crippen LogP contribution in [0.3, 0.4) is 0 Å². The number of aliphatic hydroxyl groups is 3. The Morgan fingerprint density at radius 3 is 2.27 bits per heavy atom. The van der Waals surface area contributed by atoms with E-state index in [0.29, 0.717) is 6.61 Å². The third-order valence-electron chi connectivity index (χ3n) is 4.09. The second-order valence-electron chi connectivity index (χ2n) is 6.05. The van der Waals surface area contributed by atoms with Crippen molar-refractivity contribution < 1.29 is 24.8 Å². The minimum Gasteiger partial charge on any atom is -0.388 e. The molecule has 0 spiro atoms. The molecule has 1 aliphatic rings. The highest BCUT2D eigenvalue weighted by atomic mass is 16.6. The lowest BCUT2D eigenvalue weighted by Crippen LogP contribution is -2.54. The lowest BCUT2D eigenvalue weighted by molar-refractivity contribution is -0.199. The van der Waals surface area contributed by atoms with Crippen LogP contribution in [0.25, 0.3) is 0 Å². The first kappa shape index (κ1) is 19.6. The number of hydrogen-bond acceptors (Lipinski definition) is 5. The van der Waals surface area contributed by atoms with Crippen LogP contribution in [0, 0.1) is 0 Å². The van der Waals surface area contributed by atoms with Gasteiger partial charge in [0.05, 0.1) is 13.2 Å². The molecule has 3 N–H and O–H groups in total. The van der Waals surface area contributed by atoms with Crippen molar-refractivity contribution in [3.63, 3.8) is 0 Å². The lowest BCUT2D eigenvalue weighted by Gasteiger charge is -2.35. The lowest BCUT2D eigenvalue weighted by atomic mass is 10.0. The van der Waals surface area contributed by atoms with Crippen molar-refractivity contribution in [1.82, 2.24) is 0 Å². The summed E-state index contributed by atoms with van der Waals surface area (Å²) < 4.78 is 10.8. The van der Waals surface area contributed by atoms with E-state index in [4.69, 9.17) is 9.47 Å². The number of unbranched alkanes of at least 4 members (excludes halogenated alkanes) is 7. The van der Waals surface area contributed by atoms with E-state index in [-0.39, 0.29) is 13.2 Å². The summed E-state index contributed by atoms with van der Waals surface area (Å²) >= 11 is 0. The summed E-state index contributed by atoms with van der Waals surface area (Å²) in [5.41, 5.74) is 0. The Hall–Kier alpha value is -0.460. The normalized spacial score (nSPS) is 28.7. The molecule has 0 aromatic heterocycles. The monoisotopic (exact) mass is 316 g/mol. The average Bonchev–Trinajstić information content (AvgIpc) is 2.52. The van der Waals surface area contributed by atoms with Gasteiger partial charge >= 0.3 is 0 Å². The fourth-order valence-corrected chi connectivity index (χ4v) is 2.59. The van der Waals surface area contributed by atoms with Crippen LogP contribution in [-0.2, 0) is 9.47 Å². The summed E-state index contributed by atoms with van der Waals surface area (Å²) in [5, 5.41) is 28.6. The smallest absolute Gasteiger partial charge is 0.111 e. The molecule has 1 heterocycles. The summed E-state index contributed by atoms with van der Waals surface area (Å²) in [7, 11) is 0. The molecule has 0 aromatic rings. The van der Waals surface area contributed by atoms with Gasteiger partial charge in [-0.1, -0.05) is 38.2 Å². The first-order valence-corrected chi connectivity index (χ1v) is 8.51. The number of allylic oxidation sites excluding steroid dienone is 1. The SMILES string of the molecule is C=CCCCCCCCCCOC[C@@H]1OC[C@@H](O)[C@H](O)[C@H]1O. The molecule has 1 saturated heterocycles. The molecule has 0 bridgehead atoms. The largest absolute Gasteiger partial charge is 0.388 e. The zero-order valence-electron chi connectivity index (χ0n) is 13.5. The van der Waals surface area contributed by atoms with Gasteiger partial charge in [0.2, 0.25) is 0 Å². The summed E-state index contributed by atoms with van der Waals surface area (Å²) in [6.07, 6.45) is 7.76. The molecule has 5 nitrogen and oxygen atoms in total.